The van der Waals surface area contributed by atoms with Crippen LogP contribution in [0, 0.1) is 6.92 Å². The van der Waals surface area contributed by atoms with Crippen LogP contribution in [0.2, 0.25) is 5.02 Å². The Morgan fingerprint density at radius 1 is 1.47 bits per heavy atom. The maximum atomic E-state index is 12.0. The Morgan fingerprint density at radius 3 is 2.79 bits per heavy atom. The van der Waals surface area contributed by atoms with E-state index in [1.54, 1.807) is 25.1 Å². The first kappa shape index (κ1) is 13.5. The number of nitrogens with zero attached hydrogens (tertiary/aromatic N) is 1. The van der Waals surface area contributed by atoms with Crippen molar-refractivity contribution < 1.29 is 9.32 Å². The molecule has 1 aromatic carbocycles. The minimum atomic E-state index is -0.420. The fourth-order valence-electron chi connectivity index (χ4n) is 1.49. The van der Waals surface area contributed by atoms with Crippen molar-refractivity contribution in [2.45, 2.75) is 6.92 Å². The summed E-state index contributed by atoms with van der Waals surface area (Å²) in [6.45, 7) is 1.70. The van der Waals surface area contributed by atoms with Crippen molar-refractivity contribution in [2.24, 2.45) is 5.73 Å². The molecule has 7 heteroatoms. The van der Waals surface area contributed by atoms with Crippen LogP contribution in [0.5, 0.6) is 0 Å². The molecule has 2 aromatic rings. The number of benzene rings is 1. The van der Waals surface area contributed by atoms with E-state index in [9.17, 15) is 4.79 Å². The Labute approximate surface area is 119 Å². The zero-order valence-electron chi connectivity index (χ0n) is 9.94. The van der Waals surface area contributed by atoms with Crippen LogP contribution in [-0.4, -0.2) is 16.1 Å². The molecule has 2 rings (SSSR count). The fraction of sp³-hybridized carbons (Fsp3) is 0.0833. The summed E-state index contributed by atoms with van der Waals surface area (Å²) in [6, 6.07) is 6.39. The third-order valence-electron chi connectivity index (χ3n) is 2.36. The van der Waals surface area contributed by atoms with Crippen molar-refractivity contribution >= 4 is 40.4 Å². The second kappa shape index (κ2) is 5.38. The number of amides is 1. The summed E-state index contributed by atoms with van der Waals surface area (Å²) in [5.41, 5.74) is 6.73. The van der Waals surface area contributed by atoms with Gasteiger partial charge in [0.2, 0.25) is 0 Å². The predicted molar refractivity (Wildman–Crippen MR) is 76.5 cm³/mol. The van der Waals surface area contributed by atoms with Crippen molar-refractivity contribution in [3.05, 3.63) is 46.3 Å². The van der Waals surface area contributed by atoms with Crippen LogP contribution in [0.3, 0.4) is 0 Å². The summed E-state index contributed by atoms with van der Waals surface area (Å²) in [7, 11) is 0. The third kappa shape index (κ3) is 3.10. The summed E-state index contributed by atoms with van der Waals surface area (Å²) in [4.78, 5) is 12.1. The van der Waals surface area contributed by atoms with Crippen molar-refractivity contribution in [3.63, 3.8) is 0 Å². The summed E-state index contributed by atoms with van der Waals surface area (Å²) < 4.78 is 4.84. The second-order valence-corrected chi connectivity index (χ2v) is 4.71. The number of rotatable bonds is 3. The van der Waals surface area contributed by atoms with Gasteiger partial charge in [0.15, 0.2) is 5.69 Å². The van der Waals surface area contributed by atoms with Crippen LogP contribution >= 0.6 is 23.8 Å². The lowest BCUT2D eigenvalue weighted by Gasteiger charge is -2.09. The highest BCUT2D eigenvalue weighted by atomic mass is 35.5. The fourth-order valence-corrected chi connectivity index (χ4v) is 1.84. The lowest BCUT2D eigenvalue weighted by molar-refractivity contribution is 0.101. The number of hydrogen-bond acceptors (Lipinski definition) is 4. The smallest absolute Gasteiger partial charge is 0.277 e. The van der Waals surface area contributed by atoms with Gasteiger partial charge < -0.3 is 15.6 Å². The van der Waals surface area contributed by atoms with Crippen LogP contribution in [0.15, 0.2) is 28.8 Å². The maximum Gasteiger partial charge on any atom is 0.277 e. The monoisotopic (exact) mass is 295 g/mol. The van der Waals surface area contributed by atoms with E-state index < -0.39 is 5.91 Å². The highest BCUT2D eigenvalue weighted by molar-refractivity contribution is 7.80. The van der Waals surface area contributed by atoms with Crippen molar-refractivity contribution in [1.29, 1.82) is 0 Å². The molecule has 3 N–H and O–H groups in total. The van der Waals surface area contributed by atoms with Crippen molar-refractivity contribution in [1.82, 2.24) is 5.16 Å². The van der Waals surface area contributed by atoms with E-state index in [0.717, 1.165) is 0 Å². The summed E-state index contributed by atoms with van der Waals surface area (Å²) >= 11 is 10.8. The molecule has 1 aromatic heterocycles. The van der Waals surface area contributed by atoms with Gasteiger partial charge in [-0.15, -0.1) is 0 Å². The Hall–Kier alpha value is -1.92. The minimum absolute atomic E-state index is 0.170. The maximum absolute atomic E-state index is 12.0. The lowest BCUT2D eigenvalue weighted by atomic mass is 10.1. The summed E-state index contributed by atoms with van der Waals surface area (Å²) in [5.74, 6) is 0.127. The average molecular weight is 296 g/mol. The van der Waals surface area contributed by atoms with E-state index in [1.807, 2.05) is 0 Å². The van der Waals surface area contributed by atoms with Gasteiger partial charge in [0, 0.05) is 16.7 Å². The molecule has 1 heterocycles. The average Bonchev–Trinajstić information content (AvgIpc) is 2.75. The number of thiocarbonyl (C=S) groups is 1. The topological polar surface area (TPSA) is 81.2 Å². The molecule has 0 bridgehead atoms. The van der Waals surface area contributed by atoms with Gasteiger partial charge in [-0.05, 0) is 25.1 Å². The van der Waals surface area contributed by atoms with E-state index in [0.29, 0.717) is 22.0 Å². The van der Waals surface area contributed by atoms with Gasteiger partial charge >= 0.3 is 0 Å². The highest BCUT2D eigenvalue weighted by Gasteiger charge is 2.14. The van der Waals surface area contributed by atoms with Crippen LogP contribution < -0.4 is 11.1 Å². The van der Waals surface area contributed by atoms with E-state index >= 15 is 0 Å². The van der Waals surface area contributed by atoms with E-state index in [1.165, 1.54) is 6.07 Å². The Morgan fingerprint density at radius 2 is 2.21 bits per heavy atom. The summed E-state index contributed by atoms with van der Waals surface area (Å²) in [5, 5.41) is 6.74. The van der Waals surface area contributed by atoms with Crippen LogP contribution in [0.4, 0.5) is 5.69 Å². The number of nitrogens with two attached hydrogens (primary N) is 1. The van der Waals surface area contributed by atoms with Crippen molar-refractivity contribution in [3.8, 4) is 0 Å². The number of anilines is 1. The largest absolute Gasteiger partial charge is 0.389 e. The number of hydrogen-bond donors (Lipinski definition) is 2. The van der Waals surface area contributed by atoms with E-state index in [4.69, 9.17) is 34.1 Å². The minimum Gasteiger partial charge on any atom is -0.389 e. The van der Waals surface area contributed by atoms with E-state index in [-0.39, 0.29) is 10.7 Å². The SMILES string of the molecule is Cc1cc(C(=O)Nc2cc(Cl)ccc2C(N)=S)no1. The highest BCUT2D eigenvalue weighted by Crippen LogP contribution is 2.21. The third-order valence-corrected chi connectivity index (χ3v) is 2.81. The molecule has 0 aliphatic heterocycles. The van der Waals surface area contributed by atoms with Gasteiger partial charge in [0.05, 0.1) is 5.69 Å². The van der Waals surface area contributed by atoms with Gasteiger partial charge in [-0.1, -0.05) is 29.0 Å². The van der Waals surface area contributed by atoms with E-state index in [2.05, 4.69) is 10.5 Å². The summed E-state index contributed by atoms with van der Waals surface area (Å²) in [6.07, 6.45) is 0. The number of aromatic nitrogens is 1. The standard InChI is InChI=1S/C12H10ClN3O2S/c1-6-4-10(16-18-6)12(17)15-9-5-7(13)2-3-8(9)11(14)19/h2-5H,1H3,(H2,14,19)(H,15,17). The predicted octanol–water partition coefficient (Wildman–Crippen LogP) is 2.52. The molecule has 19 heavy (non-hydrogen) atoms. The first-order valence-corrected chi connectivity index (χ1v) is 6.10. The van der Waals surface area contributed by atoms with Gasteiger partial charge in [0.1, 0.15) is 10.7 Å². The number of halogens is 1. The van der Waals surface area contributed by atoms with Crippen LogP contribution in [-0.2, 0) is 0 Å². The van der Waals surface area contributed by atoms with Gasteiger partial charge in [0.25, 0.3) is 5.91 Å². The molecule has 98 valence electrons. The second-order valence-electron chi connectivity index (χ2n) is 3.83. The van der Waals surface area contributed by atoms with Crippen LogP contribution in [0.1, 0.15) is 21.8 Å². The number of carbonyl (C=O) groups excluding carboxylic acids is 1. The molecule has 0 saturated heterocycles. The molecule has 0 aliphatic carbocycles. The first-order valence-electron chi connectivity index (χ1n) is 5.31. The molecule has 5 nitrogen and oxygen atoms in total. The molecule has 0 fully saturated rings. The number of nitrogens with one attached hydrogen (secondary N) is 1. The van der Waals surface area contributed by atoms with Gasteiger partial charge in [-0.2, -0.15) is 0 Å². The zero-order chi connectivity index (χ0) is 14.0. The van der Waals surface area contributed by atoms with Gasteiger partial charge in [-0.3, -0.25) is 4.79 Å². The molecule has 0 saturated carbocycles. The molecule has 0 atom stereocenters. The van der Waals surface area contributed by atoms with Crippen LogP contribution in [0.25, 0.3) is 0 Å². The first-order chi connectivity index (χ1) is 8.97. The number of aryl methyl sites for hydroxylation is 1. The molecule has 0 spiro atoms. The molecule has 0 unspecified atom stereocenters. The molecule has 1 amide bonds. The molecule has 0 aliphatic rings. The normalized spacial score (nSPS) is 10.2. The molecular weight excluding hydrogens is 286 g/mol. The number of carbonyl (C=O) groups is 1. The van der Waals surface area contributed by atoms with Crippen molar-refractivity contribution in [2.75, 3.05) is 5.32 Å². The lowest BCUT2D eigenvalue weighted by Crippen LogP contribution is -2.17. The quantitative estimate of drug-likeness (QED) is 0.850. The Kier molecular flexibility index (Phi) is 3.82. The van der Waals surface area contributed by atoms with Gasteiger partial charge in [-0.25, -0.2) is 0 Å². The molecule has 0 radical (unpaired) electrons. The Bertz CT molecular complexity index is 654. The molecular formula is C12H10ClN3O2S. The zero-order valence-corrected chi connectivity index (χ0v) is 11.5. The Balaban J connectivity index is 2.30.